The maximum absolute atomic E-state index is 12.7. The zero-order chi connectivity index (χ0) is 21.1. The van der Waals surface area contributed by atoms with Gasteiger partial charge in [0.05, 0.1) is 23.1 Å². The van der Waals surface area contributed by atoms with E-state index in [1.165, 1.54) is 24.4 Å². The second kappa shape index (κ2) is 8.29. The third kappa shape index (κ3) is 4.52. The van der Waals surface area contributed by atoms with Crippen molar-refractivity contribution in [3.63, 3.8) is 0 Å². The van der Waals surface area contributed by atoms with E-state index in [1.54, 1.807) is 30.3 Å². The number of hydrogen-bond acceptors (Lipinski definition) is 5. The number of aromatic amines is 1. The van der Waals surface area contributed by atoms with Gasteiger partial charge >= 0.3 is 0 Å². The Morgan fingerprint density at radius 2 is 1.67 bits per heavy atom. The number of anilines is 2. The van der Waals surface area contributed by atoms with Crippen LogP contribution in [0.3, 0.4) is 0 Å². The molecule has 1 aliphatic rings. The Kier molecular flexibility index (Phi) is 5.56. The quantitative estimate of drug-likeness (QED) is 0.549. The van der Waals surface area contributed by atoms with E-state index in [1.807, 2.05) is 0 Å². The summed E-state index contributed by atoms with van der Waals surface area (Å²) in [5.74, 6) is 0.565. The molecular weight excluding hydrogens is 430 g/mol. The van der Waals surface area contributed by atoms with Crippen molar-refractivity contribution in [3.05, 3.63) is 65.4 Å². The van der Waals surface area contributed by atoms with Crippen LogP contribution < -0.4 is 19.5 Å². The van der Waals surface area contributed by atoms with Crippen molar-refractivity contribution in [2.75, 3.05) is 23.3 Å². The van der Waals surface area contributed by atoms with Crippen molar-refractivity contribution >= 4 is 38.9 Å². The number of hydrogen-bond donors (Lipinski definition) is 3. The summed E-state index contributed by atoms with van der Waals surface area (Å²) in [5, 5.41) is 3.13. The number of aromatic nitrogens is 1. The molecule has 4 rings (SSSR count). The van der Waals surface area contributed by atoms with Gasteiger partial charge in [0.25, 0.3) is 15.9 Å². The molecule has 3 N–H and O–H groups in total. The SMILES string of the molecule is O=C(Nc1ccc(NS(=O)(=O)c2ccc3c(c2)OCCCO3)cc1)c1cc(Cl)c[nH]1. The van der Waals surface area contributed by atoms with Crippen molar-refractivity contribution in [3.8, 4) is 11.5 Å². The number of carbonyl (C=O) groups excluding carboxylic acids is 1. The zero-order valence-electron chi connectivity index (χ0n) is 15.6. The van der Waals surface area contributed by atoms with Gasteiger partial charge in [0, 0.05) is 30.1 Å². The fourth-order valence-corrected chi connectivity index (χ4v) is 4.08. The van der Waals surface area contributed by atoms with E-state index in [2.05, 4.69) is 15.0 Å². The highest BCUT2D eigenvalue weighted by molar-refractivity contribution is 7.92. The van der Waals surface area contributed by atoms with Gasteiger partial charge in [-0.05, 0) is 42.5 Å². The highest BCUT2D eigenvalue weighted by Gasteiger charge is 2.19. The van der Waals surface area contributed by atoms with Crippen LogP contribution in [0.15, 0.2) is 59.6 Å². The van der Waals surface area contributed by atoms with Gasteiger partial charge in [-0.1, -0.05) is 11.6 Å². The molecule has 0 saturated heterocycles. The monoisotopic (exact) mass is 447 g/mol. The summed E-state index contributed by atoms with van der Waals surface area (Å²) in [5.41, 5.74) is 1.17. The molecule has 3 aromatic rings. The number of rotatable bonds is 5. The molecule has 0 fully saturated rings. The van der Waals surface area contributed by atoms with Gasteiger partial charge in [-0.3, -0.25) is 9.52 Å². The highest BCUT2D eigenvalue weighted by Crippen LogP contribution is 2.32. The maximum Gasteiger partial charge on any atom is 0.272 e. The Bertz CT molecular complexity index is 1180. The summed E-state index contributed by atoms with van der Waals surface area (Å²) < 4.78 is 39.1. The Hall–Kier alpha value is -3.17. The first-order valence-corrected chi connectivity index (χ1v) is 10.9. The normalized spacial score (nSPS) is 13.4. The molecule has 0 aliphatic carbocycles. The first-order valence-electron chi connectivity index (χ1n) is 9.08. The molecule has 8 nitrogen and oxygen atoms in total. The molecule has 2 aromatic carbocycles. The summed E-state index contributed by atoms with van der Waals surface area (Å²) in [4.78, 5) is 15.0. The molecule has 0 atom stereocenters. The minimum Gasteiger partial charge on any atom is -0.490 e. The average molecular weight is 448 g/mol. The largest absolute Gasteiger partial charge is 0.490 e. The van der Waals surface area contributed by atoms with E-state index in [0.29, 0.717) is 46.8 Å². The molecule has 0 radical (unpaired) electrons. The predicted octanol–water partition coefficient (Wildman–Crippen LogP) is 3.88. The van der Waals surface area contributed by atoms with Crippen LogP contribution in [-0.2, 0) is 10.0 Å². The highest BCUT2D eigenvalue weighted by atomic mass is 35.5. The Labute approximate surface area is 178 Å². The Morgan fingerprint density at radius 3 is 2.37 bits per heavy atom. The van der Waals surface area contributed by atoms with E-state index in [-0.39, 0.29) is 10.8 Å². The van der Waals surface area contributed by atoms with Crippen molar-refractivity contribution in [2.24, 2.45) is 0 Å². The number of fused-ring (bicyclic) bond motifs is 1. The molecule has 10 heteroatoms. The maximum atomic E-state index is 12.7. The summed E-state index contributed by atoms with van der Waals surface area (Å²) in [7, 11) is -3.83. The predicted molar refractivity (Wildman–Crippen MR) is 113 cm³/mol. The van der Waals surface area contributed by atoms with Crippen molar-refractivity contribution in [1.82, 2.24) is 4.98 Å². The standard InChI is InChI=1S/C20H18ClN3O5S/c21-13-10-17(22-12-13)20(25)23-14-2-4-15(5-3-14)24-30(26,27)16-6-7-18-19(11-16)29-9-1-8-28-18/h2-7,10-12,22,24H,1,8-9H2,(H,23,25). The van der Waals surface area contributed by atoms with Crippen LogP contribution in [0.4, 0.5) is 11.4 Å². The minimum atomic E-state index is -3.83. The van der Waals surface area contributed by atoms with Crippen LogP contribution in [0.5, 0.6) is 11.5 Å². The number of nitrogens with one attached hydrogen (secondary N) is 3. The molecule has 1 aliphatic heterocycles. The lowest BCUT2D eigenvalue weighted by Crippen LogP contribution is -2.14. The van der Waals surface area contributed by atoms with Gasteiger partial charge in [0.2, 0.25) is 0 Å². The van der Waals surface area contributed by atoms with E-state index in [4.69, 9.17) is 21.1 Å². The van der Waals surface area contributed by atoms with E-state index in [0.717, 1.165) is 6.42 Å². The number of H-pyrrole nitrogens is 1. The van der Waals surface area contributed by atoms with Crippen LogP contribution in [0.1, 0.15) is 16.9 Å². The molecule has 1 aromatic heterocycles. The molecule has 0 saturated carbocycles. The topological polar surface area (TPSA) is 110 Å². The van der Waals surface area contributed by atoms with Crippen LogP contribution in [0, 0.1) is 0 Å². The molecule has 2 heterocycles. The van der Waals surface area contributed by atoms with Crippen molar-refractivity contribution < 1.29 is 22.7 Å². The van der Waals surface area contributed by atoms with Gasteiger partial charge in [-0.2, -0.15) is 0 Å². The second-order valence-corrected chi connectivity index (χ2v) is 8.65. The summed E-state index contributed by atoms with van der Waals surface area (Å²) >= 11 is 5.80. The van der Waals surface area contributed by atoms with Crippen LogP contribution in [-0.4, -0.2) is 32.5 Å². The van der Waals surface area contributed by atoms with Crippen molar-refractivity contribution in [2.45, 2.75) is 11.3 Å². The van der Waals surface area contributed by atoms with Crippen LogP contribution in [0.25, 0.3) is 0 Å². The lowest BCUT2D eigenvalue weighted by molar-refractivity contribution is 0.102. The second-order valence-electron chi connectivity index (χ2n) is 6.53. The van der Waals surface area contributed by atoms with Crippen molar-refractivity contribution in [1.29, 1.82) is 0 Å². The molecule has 1 amide bonds. The Morgan fingerprint density at radius 1 is 0.967 bits per heavy atom. The molecule has 0 unspecified atom stereocenters. The fraction of sp³-hybridized carbons (Fsp3) is 0.150. The third-order valence-electron chi connectivity index (χ3n) is 4.32. The zero-order valence-corrected chi connectivity index (χ0v) is 17.2. The molecule has 0 spiro atoms. The van der Waals surface area contributed by atoms with Crippen LogP contribution in [0.2, 0.25) is 5.02 Å². The van der Waals surface area contributed by atoms with Gasteiger partial charge < -0.3 is 19.8 Å². The number of benzene rings is 2. The number of ether oxygens (including phenoxy) is 2. The van der Waals surface area contributed by atoms with Gasteiger partial charge in [-0.25, -0.2) is 8.42 Å². The number of halogens is 1. The first kappa shape index (κ1) is 20.1. The number of amides is 1. The van der Waals surface area contributed by atoms with Gasteiger partial charge in [-0.15, -0.1) is 0 Å². The lowest BCUT2D eigenvalue weighted by Gasteiger charge is -2.12. The summed E-state index contributed by atoms with van der Waals surface area (Å²) in [6, 6.07) is 12.3. The third-order valence-corrected chi connectivity index (χ3v) is 5.91. The average Bonchev–Trinajstić information content (AvgIpc) is 3.02. The molecule has 30 heavy (non-hydrogen) atoms. The smallest absolute Gasteiger partial charge is 0.272 e. The van der Waals surface area contributed by atoms with Gasteiger partial charge in [0.15, 0.2) is 11.5 Å². The first-order chi connectivity index (χ1) is 14.4. The molecular formula is C20H18ClN3O5S. The Balaban J connectivity index is 1.46. The van der Waals surface area contributed by atoms with E-state index >= 15 is 0 Å². The molecule has 0 bridgehead atoms. The van der Waals surface area contributed by atoms with E-state index < -0.39 is 10.0 Å². The number of sulfonamides is 1. The van der Waals surface area contributed by atoms with Crippen LogP contribution >= 0.6 is 11.6 Å². The molecule has 156 valence electrons. The summed E-state index contributed by atoms with van der Waals surface area (Å²) in [6.45, 7) is 0.989. The summed E-state index contributed by atoms with van der Waals surface area (Å²) in [6.07, 6.45) is 2.24. The lowest BCUT2D eigenvalue weighted by atomic mass is 10.3. The fourth-order valence-electron chi connectivity index (χ4n) is 2.84. The number of carbonyl (C=O) groups is 1. The minimum absolute atomic E-state index is 0.0627. The van der Waals surface area contributed by atoms with E-state index in [9.17, 15) is 13.2 Å². The van der Waals surface area contributed by atoms with Gasteiger partial charge in [0.1, 0.15) is 5.69 Å².